The van der Waals surface area contributed by atoms with E-state index in [1.165, 1.54) is 43.2 Å². The van der Waals surface area contributed by atoms with Gasteiger partial charge in [-0.3, -0.25) is 9.69 Å². The van der Waals surface area contributed by atoms with Crippen molar-refractivity contribution in [3.05, 3.63) is 23.3 Å². The van der Waals surface area contributed by atoms with Crippen LogP contribution in [0.5, 0.6) is 11.5 Å². The number of fused-ring (bicyclic) bond motifs is 3. The second kappa shape index (κ2) is 7.82. The van der Waals surface area contributed by atoms with E-state index in [0.717, 1.165) is 50.5 Å². The quantitative estimate of drug-likeness (QED) is 0.770. The molecule has 1 aliphatic carbocycles. The predicted molar refractivity (Wildman–Crippen MR) is 113 cm³/mol. The molecular formula is C24H34N2O3. The number of amides is 1. The molecule has 1 aromatic carbocycles. The third kappa shape index (κ3) is 3.52. The summed E-state index contributed by atoms with van der Waals surface area (Å²) >= 11 is 0. The summed E-state index contributed by atoms with van der Waals surface area (Å²) in [5.74, 6) is 2.15. The Hall–Kier alpha value is -1.75. The van der Waals surface area contributed by atoms with Crippen molar-refractivity contribution in [1.82, 2.24) is 9.80 Å². The average Bonchev–Trinajstić information content (AvgIpc) is 3.24. The summed E-state index contributed by atoms with van der Waals surface area (Å²) in [6, 6.07) is 4.82. The van der Waals surface area contributed by atoms with Crippen molar-refractivity contribution in [3.63, 3.8) is 0 Å². The van der Waals surface area contributed by atoms with Gasteiger partial charge < -0.3 is 14.4 Å². The van der Waals surface area contributed by atoms with Crippen molar-refractivity contribution in [2.75, 3.05) is 39.4 Å². The number of hydrogen-bond donors (Lipinski definition) is 0. The zero-order chi connectivity index (χ0) is 19.8. The van der Waals surface area contributed by atoms with Gasteiger partial charge in [0.05, 0.1) is 0 Å². The van der Waals surface area contributed by atoms with E-state index in [1.54, 1.807) is 0 Å². The van der Waals surface area contributed by atoms with Gasteiger partial charge in [-0.15, -0.1) is 0 Å². The molecule has 1 spiro atoms. The van der Waals surface area contributed by atoms with Gasteiger partial charge in [-0.1, -0.05) is 12.8 Å². The molecule has 3 aliphatic heterocycles. The molecular weight excluding hydrogens is 364 g/mol. The monoisotopic (exact) mass is 398 g/mol. The molecule has 5 rings (SSSR count). The molecule has 1 atom stereocenters. The molecule has 0 radical (unpaired) electrons. The minimum absolute atomic E-state index is 0.214. The predicted octanol–water partition coefficient (Wildman–Crippen LogP) is 4.05. The molecule has 3 heterocycles. The Balaban J connectivity index is 1.38. The summed E-state index contributed by atoms with van der Waals surface area (Å²) in [6.07, 6.45) is 9.30. The topological polar surface area (TPSA) is 42.0 Å². The highest BCUT2D eigenvalue weighted by atomic mass is 16.6. The fourth-order valence-electron chi connectivity index (χ4n) is 6.01. The van der Waals surface area contributed by atoms with E-state index in [2.05, 4.69) is 28.9 Å². The van der Waals surface area contributed by atoms with E-state index in [4.69, 9.17) is 9.47 Å². The molecule has 1 amide bonds. The number of piperidine rings is 1. The number of carbonyl (C=O) groups excluding carboxylic acids is 1. The molecule has 5 nitrogen and oxygen atoms in total. The van der Waals surface area contributed by atoms with Gasteiger partial charge in [-0.05, 0) is 62.3 Å². The first-order valence-corrected chi connectivity index (χ1v) is 11.6. The third-order valence-electron chi connectivity index (χ3n) is 7.67. The lowest BCUT2D eigenvalue weighted by Gasteiger charge is -2.46. The van der Waals surface area contributed by atoms with Crippen molar-refractivity contribution in [1.29, 1.82) is 0 Å². The van der Waals surface area contributed by atoms with Gasteiger partial charge >= 0.3 is 0 Å². The number of carbonyl (C=O) groups is 1. The van der Waals surface area contributed by atoms with Crippen LogP contribution in [0.15, 0.2) is 12.1 Å². The highest BCUT2D eigenvalue weighted by Gasteiger charge is 2.45. The van der Waals surface area contributed by atoms with E-state index in [0.29, 0.717) is 31.6 Å². The first kappa shape index (κ1) is 19.2. The second-order valence-corrected chi connectivity index (χ2v) is 9.41. The van der Waals surface area contributed by atoms with Crippen LogP contribution >= 0.6 is 0 Å². The van der Waals surface area contributed by atoms with Crippen LogP contribution in [0.3, 0.4) is 0 Å². The maximum absolute atomic E-state index is 12.8. The van der Waals surface area contributed by atoms with E-state index in [-0.39, 0.29) is 5.41 Å². The van der Waals surface area contributed by atoms with Crippen LogP contribution < -0.4 is 9.47 Å². The molecule has 29 heavy (non-hydrogen) atoms. The maximum Gasteiger partial charge on any atom is 0.223 e. The van der Waals surface area contributed by atoms with Crippen molar-refractivity contribution < 1.29 is 14.3 Å². The van der Waals surface area contributed by atoms with Crippen molar-refractivity contribution >= 4 is 5.91 Å². The summed E-state index contributed by atoms with van der Waals surface area (Å²) in [6.45, 7) is 7.37. The number of benzene rings is 1. The Morgan fingerprint density at radius 3 is 2.45 bits per heavy atom. The molecule has 1 saturated carbocycles. The van der Waals surface area contributed by atoms with Crippen LogP contribution in [-0.2, 0) is 10.2 Å². The van der Waals surface area contributed by atoms with Gasteiger partial charge in [-0.2, -0.15) is 0 Å². The number of rotatable bonds is 3. The minimum Gasteiger partial charge on any atom is -0.486 e. The Morgan fingerprint density at radius 2 is 1.72 bits per heavy atom. The summed E-state index contributed by atoms with van der Waals surface area (Å²) in [5, 5.41) is 0. The van der Waals surface area contributed by atoms with Gasteiger partial charge in [-0.25, -0.2) is 0 Å². The molecule has 5 heteroatoms. The number of ether oxygens (including phenoxy) is 2. The SMILES string of the molecule is CC1c2cc3c(cc2C2(CCCC2)CN1CCC(=O)N1CCCCC1)OCCO3. The normalized spacial score (nSPS) is 25.8. The minimum atomic E-state index is 0.214. The molecule has 4 aliphatic rings. The number of likely N-dealkylation sites (tertiary alicyclic amines) is 1. The fraction of sp³-hybridized carbons (Fsp3) is 0.708. The Morgan fingerprint density at radius 1 is 1.03 bits per heavy atom. The fourth-order valence-corrected chi connectivity index (χ4v) is 6.01. The first-order valence-electron chi connectivity index (χ1n) is 11.6. The molecule has 2 fully saturated rings. The zero-order valence-corrected chi connectivity index (χ0v) is 17.8. The lowest BCUT2D eigenvalue weighted by Crippen LogP contribution is -2.47. The van der Waals surface area contributed by atoms with Crippen molar-refractivity contribution in [3.8, 4) is 11.5 Å². The van der Waals surface area contributed by atoms with Crippen molar-refractivity contribution in [2.45, 2.75) is 69.7 Å². The molecule has 0 aromatic heterocycles. The van der Waals surface area contributed by atoms with Gasteiger partial charge in [0.1, 0.15) is 13.2 Å². The Bertz CT molecular complexity index is 766. The third-order valence-corrected chi connectivity index (χ3v) is 7.67. The number of nitrogens with zero attached hydrogens (tertiary/aromatic N) is 2. The lowest BCUT2D eigenvalue weighted by molar-refractivity contribution is -0.132. The van der Waals surface area contributed by atoms with Crippen LogP contribution in [0.1, 0.15) is 75.5 Å². The highest BCUT2D eigenvalue weighted by molar-refractivity contribution is 5.76. The van der Waals surface area contributed by atoms with Gasteiger partial charge in [0.25, 0.3) is 0 Å². The first-order chi connectivity index (χ1) is 14.2. The summed E-state index contributed by atoms with van der Waals surface area (Å²) in [7, 11) is 0. The van der Waals surface area contributed by atoms with Gasteiger partial charge in [0.15, 0.2) is 11.5 Å². The largest absolute Gasteiger partial charge is 0.486 e. The maximum atomic E-state index is 12.8. The molecule has 1 unspecified atom stereocenters. The summed E-state index contributed by atoms with van der Waals surface area (Å²) in [4.78, 5) is 17.4. The standard InChI is InChI=1S/C24H34N2O3/c1-18-19-15-21-22(29-14-13-28-21)16-20(19)24(8-3-4-9-24)17-26(18)12-7-23(27)25-10-5-2-6-11-25/h15-16,18H,2-14,17H2,1H3. The summed E-state index contributed by atoms with van der Waals surface area (Å²) in [5.41, 5.74) is 3.07. The van der Waals surface area contributed by atoms with Crippen LogP contribution in [0.25, 0.3) is 0 Å². The molecule has 158 valence electrons. The van der Waals surface area contributed by atoms with Crippen LogP contribution in [0.4, 0.5) is 0 Å². The van der Waals surface area contributed by atoms with E-state index in [9.17, 15) is 4.79 Å². The molecule has 0 bridgehead atoms. The lowest BCUT2D eigenvalue weighted by atomic mass is 9.71. The molecule has 0 N–H and O–H groups in total. The highest BCUT2D eigenvalue weighted by Crippen LogP contribution is 2.51. The van der Waals surface area contributed by atoms with Crippen molar-refractivity contribution in [2.24, 2.45) is 0 Å². The van der Waals surface area contributed by atoms with Crippen LogP contribution in [-0.4, -0.2) is 55.1 Å². The van der Waals surface area contributed by atoms with Gasteiger partial charge in [0, 0.05) is 44.1 Å². The van der Waals surface area contributed by atoms with Gasteiger partial charge in [0.2, 0.25) is 5.91 Å². The Kier molecular flexibility index (Phi) is 5.19. The summed E-state index contributed by atoms with van der Waals surface area (Å²) < 4.78 is 11.8. The second-order valence-electron chi connectivity index (χ2n) is 9.41. The van der Waals surface area contributed by atoms with Crippen LogP contribution in [0.2, 0.25) is 0 Å². The van der Waals surface area contributed by atoms with E-state index < -0.39 is 0 Å². The van der Waals surface area contributed by atoms with E-state index in [1.807, 2.05) is 0 Å². The van der Waals surface area contributed by atoms with Crippen LogP contribution in [0, 0.1) is 0 Å². The molecule has 1 aromatic rings. The van der Waals surface area contributed by atoms with E-state index >= 15 is 0 Å². The smallest absolute Gasteiger partial charge is 0.223 e. The number of hydrogen-bond acceptors (Lipinski definition) is 4. The Labute approximate surface area is 174 Å². The zero-order valence-electron chi connectivity index (χ0n) is 17.8. The average molecular weight is 399 g/mol. The molecule has 1 saturated heterocycles.